The van der Waals surface area contributed by atoms with Gasteiger partial charge in [0.15, 0.2) is 11.5 Å². The van der Waals surface area contributed by atoms with Crippen molar-refractivity contribution in [2.75, 3.05) is 14.2 Å². The first-order valence-corrected chi connectivity index (χ1v) is 6.74. The van der Waals surface area contributed by atoms with Crippen LogP contribution in [0.25, 0.3) is 0 Å². The maximum atomic E-state index is 13.2. The third-order valence-electron chi connectivity index (χ3n) is 4.16. The van der Waals surface area contributed by atoms with Crippen LogP contribution in [-0.2, 0) is 10.2 Å². The molecule has 0 saturated heterocycles. The Kier molecular flexibility index (Phi) is 4.34. The molecule has 6 heteroatoms. The number of carbonyl (C=O) groups is 1. The number of alkyl halides is 2. The molecule has 0 aliphatic heterocycles. The number of hydrogen-bond acceptors (Lipinski definition) is 3. The zero-order valence-electron chi connectivity index (χ0n) is 12.0. The Morgan fingerprint density at radius 2 is 1.86 bits per heavy atom. The van der Waals surface area contributed by atoms with E-state index in [2.05, 4.69) is 0 Å². The van der Waals surface area contributed by atoms with Crippen LogP contribution < -0.4 is 9.47 Å². The molecule has 4 nitrogen and oxygen atoms in total. The Labute approximate surface area is 121 Å². The number of methoxy groups -OCH3 is 2. The van der Waals surface area contributed by atoms with Crippen LogP contribution in [0.4, 0.5) is 8.78 Å². The molecule has 1 aromatic carbocycles. The summed E-state index contributed by atoms with van der Waals surface area (Å²) in [5.74, 6) is -0.889. The fraction of sp³-hybridized carbons (Fsp3) is 0.533. The van der Waals surface area contributed by atoms with Crippen molar-refractivity contribution in [3.8, 4) is 11.5 Å². The Morgan fingerprint density at radius 1 is 1.24 bits per heavy atom. The van der Waals surface area contributed by atoms with Gasteiger partial charge in [0, 0.05) is 0 Å². The second-order valence-electron chi connectivity index (χ2n) is 5.20. The van der Waals surface area contributed by atoms with Crippen molar-refractivity contribution in [2.45, 2.75) is 37.5 Å². The zero-order chi connectivity index (χ0) is 15.6. The smallest absolute Gasteiger partial charge is 0.314 e. The van der Waals surface area contributed by atoms with Gasteiger partial charge in [-0.05, 0) is 30.5 Å². The fourth-order valence-corrected chi connectivity index (χ4v) is 3.04. The predicted molar refractivity (Wildman–Crippen MR) is 72.3 cm³/mol. The number of hydrogen-bond donors (Lipinski definition) is 1. The molecule has 0 unspecified atom stereocenters. The Morgan fingerprint density at radius 3 is 2.29 bits per heavy atom. The molecule has 0 amide bonds. The molecule has 1 aromatic rings. The lowest BCUT2D eigenvalue weighted by molar-refractivity contribution is -0.143. The van der Waals surface area contributed by atoms with Crippen LogP contribution >= 0.6 is 0 Å². The van der Waals surface area contributed by atoms with Crippen molar-refractivity contribution >= 4 is 5.97 Å². The van der Waals surface area contributed by atoms with Gasteiger partial charge in [-0.3, -0.25) is 4.79 Å². The summed E-state index contributed by atoms with van der Waals surface area (Å²) in [5, 5.41) is 9.58. The van der Waals surface area contributed by atoms with Gasteiger partial charge in [0.2, 0.25) is 0 Å². The first-order valence-electron chi connectivity index (χ1n) is 6.74. The molecular weight excluding hydrogens is 282 g/mol. The van der Waals surface area contributed by atoms with Crippen molar-refractivity contribution in [3.63, 3.8) is 0 Å². The normalized spacial score (nSPS) is 17.0. The topological polar surface area (TPSA) is 55.8 Å². The first kappa shape index (κ1) is 15.5. The Bertz CT molecular complexity index is 537. The van der Waals surface area contributed by atoms with Crippen molar-refractivity contribution < 1.29 is 28.2 Å². The van der Waals surface area contributed by atoms with Gasteiger partial charge >= 0.3 is 5.97 Å². The third kappa shape index (κ3) is 2.54. The van der Waals surface area contributed by atoms with Gasteiger partial charge in [0.1, 0.15) is 0 Å². The lowest BCUT2D eigenvalue weighted by Crippen LogP contribution is -2.32. The predicted octanol–water partition coefficient (Wildman–Crippen LogP) is 3.54. The van der Waals surface area contributed by atoms with E-state index in [0.29, 0.717) is 18.4 Å². The highest BCUT2D eigenvalue weighted by atomic mass is 19.3. The van der Waals surface area contributed by atoms with Gasteiger partial charge in [-0.15, -0.1) is 0 Å². The molecule has 0 atom stereocenters. The van der Waals surface area contributed by atoms with Gasteiger partial charge in [-0.1, -0.05) is 12.8 Å². The summed E-state index contributed by atoms with van der Waals surface area (Å²) < 4.78 is 36.6. The summed E-state index contributed by atoms with van der Waals surface area (Å²) in [6.45, 7) is 0. The van der Waals surface area contributed by atoms with Crippen LogP contribution in [0.3, 0.4) is 0 Å². The summed E-state index contributed by atoms with van der Waals surface area (Å²) in [5.41, 5.74) is -1.08. The molecule has 0 spiro atoms. The van der Waals surface area contributed by atoms with Crippen LogP contribution in [0.1, 0.15) is 43.2 Å². The van der Waals surface area contributed by atoms with E-state index in [4.69, 9.17) is 9.47 Å². The molecule has 116 valence electrons. The number of ether oxygens (including phenoxy) is 2. The number of halogens is 2. The summed E-state index contributed by atoms with van der Waals surface area (Å²) in [7, 11) is 2.63. The average Bonchev–Trinajstić information content (AvgIpc) is 2.96. The quantitative estimate of drug-likeness (QED) is 0.903. The van der Waals surface area contributed by atoms with Crippen LogP contribution in [-0.4, -0.2) is 25.3 Å². The van der Waals surface area contributed by atoms with Gasteiger partial charge in [0.25, 0.3) is 6.43 Å². The number of carboxylic acids is 1. The van der Waals surface area contributed by atoms with Crippen LogP contribution in [0.15, 0.2) is 12.1 Å². The Balaban J connectivity index is 2.64. The molecule has 0 aromatic heterocycles. The molecule has 1 saturated carbocycles. The van der Waals surface area contributed by atoms with Crippen LogP contribution in [0, 0.1) is 0 Å². The highest BCUT2D eigenvalue weighted by molar-refractivity contribution is 5.82. The van der Waals surface area contributed by atoms with E-state index in [9.17, 15) is 18.7 Å². The third-order valence-corrected chi connectivity index (χ3v) is 4.16. The van der Waals surface area contributed by atoms with E-state index < -0.39 is 17.8 Å². The molecule has 2 rings (SSSR count). The Hall–Kier alpha value is -1.85. The molecule has 1 N–H and O–H groups in total. The van der Waals surface area contributed by atoms with Crippen LogP contribution in [0.5, 0.6) is 11.5 Å². The highest BCUT2D eigenvalue weighted by Gasteiger charge is 2.44. The lowest BCUT2D eigenvalue weighted by Gasteiger charge is -2.26. The lowest BCUT2D eigenvalue weighted by atomic mass is 9.78. The van der Waals surface area contributed by atoms with Gasteiger partial charge in [0.05, 0.1) is 25.2 Å². The second kappa shape index (κ2) is 5.87. The number of rotatable bonds is 5. The van der Waals surface area contributed by atoms with E-state index in [1.165, 1.54) is 26.4 Å². The summed E-state index contributed by atoms with van der Waals surface area (Å²) in [6, 6.07) is 2.75. The van der Waals surface area contributed by atoms with Crippen LogP contribution in [0.2, 0.25) is 0 Å². The summed E-state index contributed by atoms with van der Waals surface area (Å²) in [6.07, 6.45) is -0.336. The highest BCUT2D eigenvalue weighted by Crippen LogP contribution is 2.46. The molecule has 0 bridgehead atoms. The molecule has 1 aliphatic rings. The van der Waals surface area contributed by atoms with Crippen molar-refractivity contribution in [1.29, 1.82) is 0 Å². The van der Waals surface area contributed by atoms with E-state index in [-0.39, 0.29) is 17.1 Å². The maximum Gasteiger partial charge on any atom is 0.314 e. The monoisotopic (exact) mass is 300 g/mol. The molecule has 0 radical (unpaired) electrons. The number of carboxylic acid groups (broad SMARTS) is 1. The van der Waals surface area contributed by atoms with E-state index in [1.54, 1.807) is 0 Å². The van der Waals surface area contributed by atoms with Crippen molar-refractivity contribution in [3.05, 3.63) is 23.3 Å². The largest absolute Gasteiger partial charge is 0.493 e. The van der Waals surface area contributed by atoms with Gasteiger partial charge in [-0.25, -0.2) is 8.78 Å². The van der Waals surface area contributed by atoms with Gasteiger partial charge < -0.3 is 14.6 Å². The maximum absolute atomic E-state index is 13.2. The van der Waals surface area contributed by atoms with E-state index in [1.807, 2.05) is 0 Å². The molecule has 21 heavy (non-hydrogen) atoms. The first-order chi connectivity index (χ1) is 9.96. The number of benzene rings is 1. The molecule has 1 fully saturated rings. The minimum Gasteiger partial charge on any atom is -0.493 e. The average molecular weight is 300 g/mol. The second-order valence-corrected chi connectivity index (χ2v) is 5.20. The van der Waals surface area contributed by atoms with Crippen molar-refractivity contribution in [1.82, 2.24) is 0 Å². The fourth-order valence-electron chi connectivity index (χ4n) is 3.04. The minimum atomic E-state index is -2.76. The summed E-state index contributed by atoms with van der Waals surface area (Å²) in [4.78, 5) is 11.7. The SMILES string of the molecule is COc1cc(C2(C(=O)O)CCCC2)cc(C(F)F)c1OC. The minimum absolute atomic E-state index is 0.0465. The molecule has 1 aliphatic carbocycles. The van der Waals surface area contributed by atoms with E-state index in [0.717, 1.165) is 12.8 Å². The molecule has 0 heterocycles. The number of aliphatic carboxylic acids is 1. The standard InChI is InChI=1S/C15H18F2O4/c1-20-11-8-9(7-10(13(16)17)12(11)21-2)15(14(18)19)5-3-4-6-15/h7-8,13H,3-6H2,1-2H3,(H,18,19). The molecular formula is C15H18F2O4. The van der Waals surface area contributed by atoms with Gasteiger partial charge in [-0.2, -0.15) is 0 Å². The van der Waals surface area contributed by atoms with E-state index >= 15 is 0 Å². The zero-order valence-corrected chi connectivity index (χ0v) is 12.0. The summed E-state index contributed by atoms with van der Waals surface area (Å²) >= 11 is 0. The van der Waals surface area contributed by atoms with Crippen molar-refractivity contribution in [2.24, 2.45) is 0 Å².